The molecule has 0 amide bonds. The van der Waals surface area contributed by atoms with Gasteiger partial charge in [-0.3, -0.25) is 4.57 Å². The van der Waals surface area contributed by atoms with Crippen LogP contribution in [0.2, 0.25) is 0 Å². The molecule has 0 aliphatic carbocycles. The maximum absolute atomic E-state index is 13.5. The smallest absolute Gasteiger partial charge is 0.321 e. The van der Waals surface area contributed by atoms with E-state index < -0.39 is 7.60 Å². The van der Waals surface area contributed by atoms with E-state index in [0.29, 0.717) is 5.56 Å². The predicted molar refractivity (Wildman–Crippen MR) is 87.1 cm³/mol. The molecule has 0 bridgehead atoms. The highest BCUT2D eigenvalue weighted by atomic mass is 31.2. The van der Waals surface area contributed by atoms with Gasteiger partial charge in [0.25, 0.3) is 0 Å². The number of rotatable bonds is 3. The summed E-state index contributed by atoms with van der Waals surface area (Å²) in [4.78, 5) is 18.1. The lowest BCUT2D eigenvalue weighted by atomic mass is 9.93. The van der Waals surface area contributed by atoms with Crippen LogP contribution in [0.25, 0.3) is 17.2 Å². The molecule has 22 heavy (non-hydrogen) atoms. The number of halogens is 1. The molecule has 2 rings (SSSR count). The van der Waals surface area contributed by atoms with Gasteiger partial charge in [0.2, 0.25) is 0 Å². The van der Waals surface area contributed by atoms with Crippen LogP contribution in [-0.4, -0.2) is 9.79 Å². The van der Waals surface area contributed by atoms with Crippen LogP contribution < -0.4 is 0 Å². The zero-order chi connectivity index (χ0) is 16.5. The minimum Gasteiger partial charge on any atom is -0.321 e. The van der Waals surface area contributed by atoms with Gasteiger partial charge in [-0.05, 0) is 66.8 Å². The van der Waals surface area contributed by atoms with Gasteiger partial charge in [-0.15, -0.1) is 0 Å². The van der Waals surface area contributed by atoms with E-state index in [4.69, 9.17) is 9.79 Å². The van der Waals surface area contributed by atoms with E-state index in [2.05, 4.69) is 0 Å². The fourth-order valence-corrected chi connectivity index (χ4v) is 2.77. The van der Waals surface area contributed by atoms with Crippen molar-refractivity contribution in [3.05, 3.63) is 64.2 Å². The summed E-state index contributed by atoms with van der Waals surface area (Å²) in [7, 11) is -4.23. The quantitative estimate of drug-likeness (QED) is 0.815. The molecule has 2 aromatic carbocycles. The third kappa shape index (κ3) is 3.92. The van der Waals surface area contributed by atoms with Crippen molar-refractivity contribution in [1.29, 1.82) is 0 Å². The molecule has 0 heterocycles. The topological polar surface area (TPSA) is 57.5 Å². The first-order chi connectivity index (χ1) is 10.2. The zero-order valence-corrected chi connectivity index (χ0v) is 13.6. The van der Waals surface area contributed by atoms with Crippen LogP contribution in [0.1, 0.15) is 22.3 Å². The average molecular weight is 320 g/mol. The summed E-state index contributed by atoms with van der Waals surface area (Å²) in [5.41, 5.74) is 4.83. The van der Waals surface area contributed by atoms with Crippen LogP contribution in [0, 0.1) is 26.6 Å². The Morgan fingerprint density at radius 2 is 1.73 bits per heavy atom. The average Bonchev–Trinajstić information content (AvgIpc) is 2.39. The van der Waals surface area contributed by atoms with Crippen molar-refractivity contribution in [2.45, 2.75) is 20.8 Å². The zero-order valence-electron chi connectivity index (χ0n) is 12.7. The van der Waals surface area contributed by atoms with Crippen LogP contribution in [0.15, 0.2) is 36.1 Å². The second-order valence-electron chi connectivity index (χ2n) is 5.41. The molecule has 0 aliphatic rings. The Kier molecular flexibility index (Phi) is 4.66. The second kappa shape index (κ2) is 6.17. The third-order valence-corrected chi connectivity index (χ3v) is 3.97. The minimum absolute atomic E-state index is 0.277. The summed E-state index contributed by atoms with van der Waals surface area (Å²) < 4.78 is 24.5. The summed E-state index contributed by atoms with van der Waals surface area (Å²) in [5.74, 6) is 0.616. The highest BCUT2D eigenvalue weighted by Gasteiger charge is 2.11. The Balaban J connectivity index is 2.66. The molecule has 116 valence electrons. The van der Waals surface area contributed by atoms with Gasteiger partial charge in [0.05, 0.1) is 0 Å². The Morgan fingerprint density at radius 1 is 1.05 bits per heavy atom. The summed E-state index contributed by atoms with van der Waals surface area (Å²) in [5, 5.41) is 0. The van der Waals surface area contributed by atoms with E-state index in [-0.39, 0.29) is 5.82 Å². The van der Waals surface area contributed by atoms with Crippen LogP contribution in [-0.2, 0) is 4.57 Å². The standard InChI is InChI=1S/C17H18FO3P/c1-11-8-12(2)15(6-7-22(19,20)21)16(9-11)14-4-5-17(18)13(3)10-14/h4-10H,1-3H3,(H2,19,20,21). The normalized spacial score (nSPS) is 12.1. The molecular weight excluding hydrogens is 302 g/mol. The molecule has 0 spiro atoms. The minimum atomic E-state index is -4.23. The lowest BCUT2D eigenvalue weighted by molar-refractivity contribution is 0.386. The number of hydrogen-bond acceptors (Lipinski definition) is 1. The monoisotopic (exact) mass is 320 g/mol. The molecule has 0 saturated carbocycles. The Bertz CT molecular complexity index is 791. The van der Waals surface area contributed by atoms with Crippen LogP contribution in [0.4, 0.5) is 4.39 Å². The molecule has 3 nitrogen and oxygen atoms in total. The molecule has 0 radical (unpaired) electrons. The van der Waals surface area contributed by atoms with Crippen molar-refractivity contribution in [3.8, 4) is 11.1 Å². The highest BCUT2D eigenvalue weighted by Crippen LogP contribution is 2.39. The maximum atomic E-state index is 13.5. The third-order valence-electron chi connectivity index (χ3n) is 3.44. The van der Waals surface area contributed by atoms with Crippen LogP contribution in [0.3, 0.4) is 0 Å². The Hall–Kier alpha value is -1.74. The predicted octanol–water partition coefficient (Wildman–Crippen LogP) is 4.57. The lowest BCUT2D eigenvalue weighted by Gasteiger charge is -2.13. The number of aryl methyl sites for hydroxylation is 3. The van der Waals surface area contributed by atoms with Crippen LogP contribution >= 0.6 is 7.60 Å². The van der Waals surface area contributed by atoms with E-state index in [0.717, 1.165) is 33.6 Å². The largest absolute Gasteiger partial charge is 0.349 e. The van der Waals surface area contributed by atoms with Crippen LogP contribution in [0.5, 0.6) is 0 Å². The Labute approximate surface area is 129 Å². The SMILES string of the molecule is Cc1cc(C)c(C=CP(=O)(O)O)c(-c2ccc(F)c(C)c2)c1. The molecule has 0 aromatic heterocycles. The van der Waals surface area contributed by atoms with Crippen molar-refractivity contribution < 1.29 is 18.7 Å². The molecule has 0 atom stereocenters. The first kappa shape index (κ1) is 16.6. The fraction of sp³-hybridized carbons (Fsp3) is 0.176. The molecular formula is C17H18FO3P. The first-order valence-corrected chi connectivity index (χ1v) is 8.48. The van der Waals surface area contributed by atoms with Gasteiger partial charge in [-0.1, -0.05) is 23.8 Å². The Morgan fingerprint density at radius 3 is 2.32 bits per heavy atom. The van der Waals surface area contributed by atoms with Crippen molar-refractivity contribution in [2.24, 2.45) is 0 Å². The summed E-state index contributed by atoms with van der Waals surface area (Å²) in [6.45, 7) is 5.52. The van der Waals surface area contributed by atoms with Crippen molar-refractivity contribution in [3.63, 3.8) is 0 Å². The van der Waals surface area contributed by atoms with E-state index in [9.17, 15) is 8.96 Å². The van der Waals surface area contributed by atoms with Crippen molar-refractivity contribution in [1.82, 2.24) is 0 Å². The summed E-state index contributed by atoms with van der Waals surface area (Å²) >= 11 is 0. The molecule has 2 N–H and O–H groups in total. The van der Waals surface area contributed by atoms with Gasteiger partial charge in [-0.25, -0.2) is 4.39 Å². The molecule has 0 aliphatic heterocycles. The van der Waals surface area contributed by atoms with E-state index in [1.807, 2.05) is 26.0 Å². The lowest BCUT2D eigenvalue weighted by Crippen LogP contribution is -1.92. The fourth-order valence-electron chi connectivity index (χ4n) is 2.42. The van der Waals surface area contributed by atoms with Gasteiger partial charge < -0.3 is 9.79 Å². The molecule has 0 unspecified atom stereocenters. The van der Waals surface area contributed by atoms with Crippen molar-refractivity contribution in [2.75, 3.05) is 0 Å². The maximum Gasteiger partial charge on any atom is 0.349 e. The van der Waals surface area contributed by atoms with Gasteiger partial charge in [0.15, 0.2) is 0 Å². The van der Waals surface area contributed by atoms with Gasteiger partial charge in [0, 0.05) is 5.82 Å². The molecule has 5 heteroatoms. The van der Waals surface area contributed by atoms with E-state index in [1.165, 1.54) is 12.1 Å². The summed E-state index contributed by atoms with van der Waals surface area (Å²) in [6, 6.07) is 8.68. The highest BCUT2D eigenvalue weighted by molar-refractivity contribution is 7.55. The first-order valence-electron chi connectivity index (χ1n) is 6.79. The molecule has 2 aromatic rings. The van der Waals surface area contributed by atoms with E-state index >= 15 is 0 Å². The molecule has 0 fully saturated rings. The van der Waals surface area contributed by atoms with Gasteiger partial charge in [-0.2, -0.15) is 0 Å². The second-order valence-corrected chi connectivity index (χ2v) is 6.89. The summed E-state index contributed by atoms with van der Waals surface area (Å²) in [6.07, 6.45) is 1.43. The number of benzene rings is 2. The van der Waals surface area contributed by atoms with Crippen molar-refractivity contribution >= 4 is 13.7 Å². The van der Waals surface area contributed by atoms with Gasteiger partial charge in [0.1, 0.15) is 5.82 Å². The van der Waals surface area contributed by atoms with E-state index in [1.54, 1.807) is 19.1 Å². The molecule has 0 saturated heterocycles. The number of hydrogen-bond donors (Lipinski definition) is 2. The van der Waals surface area contributed by atoms with Gasteiger partial charge >= 0.3 is 7.60 Å².